The molecule has 0 heterocycles. The van der Waals surface area contributed by atoms with Crippen LogP contribution in [0.15, 0.2) is 24.3 Å². The van der Waals surface area contributed by atoms with E-state index >= 15 is 0 Å². The Morgan fingerprint density at radius 3 is 1.89 bits per heavy atom. The zero-order chi connectivity index (χ0) is 32.8. The van der Waals surface area contributed by atoms with E-state index in [1.165, 1.54) is 57.8 Å². The molecule has 0 fully saturated rings. The SMILES string of the molecule is CCCCC/C=C\C/C=C\CCCCCCCC(=O)OC(COCCCCCCCCC)COP(=O)(O)OCC[N+](C)(C)C. The predicted molar refractivity (Wildman–Crippen MR) is 183 cm³/mol. The monoisotopic (exact) mass is 646 g/mol. The van der Waals surface area contributed by atoms with E-state index in [-0.39, 0.29) is 25.8 Å². The first-order chi connectivity index (χ1) is 21.1. The number of nitrogens with zero attached hydrogens (tertiary/aromatic N) is 1. The van der Waals surface area contributed by atoms with Gasteiger partial charge in [0, 0.05) is 13.0 Å². The fourth-order valence-electron chi connectivity index (χ4n) is 4.46. The Kier molecular flexibility index (Phi) is 28.7. The maximum absolute atomic E-state index is 12.5. The number of quaternary nitrogens is 1. The molecule has 0 saturated carbocycles. The molecule has 8 nitrogen and oxygen atoms in total. The summed E-state index contributed by atoms with van der Waals surface area (Å²) in [5, 5.41) is 0. The number of likely N-dealkylation sites (N-methyl/N-ethyl adjacent to an activating group) is 1. The third-order valence-electron chi connectivity index (χ3n) is 7.27. The molecule has 0 aliphatic rings. The average molecular weight is 647 g/mol. The van der Waals surface area contributed by atoms with E-state index in [4.69, 9.17) is 18.5 Å². The molecule has 9 heteroatoms. The van der Waals surface area contributed by atoms with Crippen LogP contribution in [0.25, 0.3) is 0 Å². The van der Waals surface area contributed by atoms with Crippen LogP contribution in [-0.4, -0.2) is 75.6 Å². The first-order valence-corrected chi connectivity index (χ1v) is 19.1. The molecule has 0 amide bonds. The molecule has 0 aliphatic heterocycles. The predicted octanol–water partition coefficient (Wildman–Crippen LogP) is 9.32. The van der Waals surface area contributed by atoms with Crippen molar-refractivity contribution in [3.63, 3.8) is 0 Å². The molecule has 0 spiro atoms. The Hall–Kier alpha value is -1.02. The molecule has 0 aromatic carbocycles. The number of carbonyl (C=O) groups excluding carboxylic acids is 1. The lowest BCUT2D eigenvalue weighted by atomic mass is 10.1. The molecule has 260 valence electrons. The molecule has 0 aliphatic carbocycles. The Balaban J connectivity index is 4.31. The molecular formula is C35H69NO7P+. The van der Waals surface area contributed by atoms with Crippen LogP contribution >= 0.6 is 7.82 Å². The zero-order valence-corrected chi connectivity index (χ0v) is 30.0. The Labute approximate surface area is 271 Å². The maximum atomic E-state index is 12.5. The van der Waals surface area contributed by atoms with Gasteiger partial charge in [-0.15, -0.1) is 0 Å². The molecule has 2 unspecified atom stereocenters. The van der Waals surface area contributed by atoms with Gasteiger partial charge in [-0.1, -0.05) is 109 Å². The average Bonchev–Trinajstić information content (AvgIpc) is 2.96. The van der Waals surface area contributed by atoms with E-state index in [1.807, 2.05) is 21.1 Å². The second-order valence-corrected chi connectivity index (χ2v) is 14.4. The van der Waals surface area contributed by atoms with Gasteiger partial charge in [-0.25, -0.2) is 4.57 Å². The van der Waals surface area contributed by atoms with Crippen molar-refractivity contribution < 1.29 is 37.3 Å². The summed E-state index contributed by atoms with van der Waals surface area (Å²) in [5.74, 6) is -0.331. The van der Waals surface area contributed by atoms with Gasteiger partial charge in [-0.3, -0.25) is 13.8 Å². The van der Waals surface area contributed by atoms with E-state index in [0.717, 1.165) is 57.8 Å². The topological polar surface area (TPSA) is 91.3 Å². The number of carbonyl (C=O) groups is 1. The normalized spacial score (nSPS) is 14.4. The minimum absolute atomic E-state index is 0.0866. The highest BCUT2D eigenvalue weighted by molar-refractivity contribution is 7.47. The number of unbranched alkanes of at least 4 members (excludes halogenated alkanes) is 14. The molecule has 0 saturated heterocycles. The Morgan fingerprint density at radius 1 is 0.705 bits per heavy atom. The highest BCUT2D eigenvalue weighted by Gasteiger charge is 2.26. The van der Waals surface area contributed by atoms with Gasteiger partial charge < -0.3 is 18.9 Å². The Morgan fingerprint density at radius 2 is 1.25 bits per heavy atom. The van der Waals surface area contributed by atoms with E-state index in [1.54, 1.807) is 0 Å². The second-order valence-electron chi connectivity index (χ2n) is 12.9. The highest BCUT2D eigenvalue weighted by atomic mass is 31.2. The van der Waals surface area contributed by atoms with Crippen LogP contribution in [-0.2, 0) is 27.9 Å². The molecule has 0 bridgehead atoms. The van der Waals surface area contributed by atoms with Crippen LogP contribution in [0.2, 0.25) is 0 Å². The number of phosphoric acid groups is 1. The summed E-state index contributed by atoms with van der Waals surface area (Å²) in [6, 6.07) is 0. The summed E-state index contributed by atoms with van der Waals surface area (Å²) in [4.78, 5) is 22.6. The van der Waals surface area contributed by atoms with Gasteiger partial charge >= 0.3 is 13.8 Å². The summed E-state index contributed by atoms with van der Waals surface area (Å²) in [6.45, 7) is 5.53. The van der Waals surface area contributed by atoms with E-state index in [0.29, 0.717) is 24.1 Å². The van der Waals surface area contributed by atoms with Crippen molar-refractivity contribution in [2.75, 3.05) is 54.1 Å². The van der Waals surface area contributed by atoms with Crippen molar-refractivity contribution in [1.29, 1.82) is 0 Å². The number of hydrogen-bond donors (Lipinski definition) is 1. The lowest BCUT2D eigenvalue weighted by Crippen LogP contribution is -2.37. The first-order valence-electron chi connectivity index (χ1n) is 17.6. The Bertz CT molecular complexity index is 767. The summed E-state index contributed by atoms with van der Waals surface area (Å²) in [6.07, 6.45) is 29.2. The third-order valence-corrected chi connectivity index (χ3v) is 8.25. The van der Waals surface area contributed by atoms with Crippen molar-refractivity contribution in [1.82, 2.24) is 0 Å². The van der Waals surface area contributed by atoms with E-state index in [9.17, 15) is 14.3 Å². The van der Waals surface area contributed by atoms with Gasteiger partial charge in [-0.2, -0.15) is 0 Å². The minimum Gasteiger partial charge on any atom is -0.457 e. The summed E-state index contributed by atoms with van der Waals surface area (Å²) < 4.78 is 34.6. The standard InChI is InChI=1S/C35H68NO7P/c1-6-8-10-12-14-15-16-17-18-19-20-21-22-24-26-28-35(37)43-34(32-40-30-27-25-23-13-11-9-7-2)33-42-44(38,39)41-31-29-36(3,4)5/h14-15,17-18,34H,6-13,16,19-33H2,1-5H3/p+1/b15-14-,18-17-. The second kappa shape index (κ2) is 29.4. The number of rotatable bonds is 32. The molecule has 0 radical (unpaired) electrons. The fraction of sp³-hybridized carbons (Fsp3) is 0.857. The van der Waals surface area contributed by atoms with Gasteiger partial charge in [0.2, 0.25) is 0 Å². The molecule has 1 N–H and O–H groups in total. The molecule has 2 atom stereocenters. The molecule has 0 aromatic heterocycles. The highest BCUT2D eigenvalue weighted by Crippen LogP contribution is 2.43. The number of esters is 1. The summed E-state index contributed by atoms with van der Waals surface area (Å²) in [7, 11) is 1.65. The van der Waals surface area contributed by atoms with Crippen LogP contribution in [0.1, 0.15) is 136 Å². The van der Waals surface area contributed by atoms with Crippen LogP contribution in [0.3, 0.4) is 0 Å². The quantitative estimate of drug-likeness (QED) is 0.0256. The largest absolute Gasteiger partial charge is 0.472 e. The van der Waals surface area contributed by atoms with E-state index < -0.39 is 13.9 Å². The minimum atomic E-state index is -4.26. The van der Waals surface area contributed by atoms with Crippen molar-refractivity contribution >= 4 is 13.8 Å². The van der Waals surface area contributed by atoms with Crippen molar-refractivity contribution in [2.24, 2.45) is 0 Å². The summed E-state index contributed by atoms with van der Waals surface area (Å²) in [5.41, 5.74) is 0. The number of ether oxygens (including phenoxy) is 2. The third kappa shape index (κ3) is 32.4. The number of allylic oxidation sites excluding steroid dienone is 4. The van der Waals surface area contributed by atoms with Crippen LogP contribution < -0.4 is 0 Å². The lowest BCUT2D eigenvalue weighted by Gasteiger charge is -2.24. The van der Waals surface area contributed by atoms with Crippen LogP contribution in [0.4, 0.5) is 0 Å². The van der Waals surface area contributed by atoms with E-state index in [2.05, 4.69) is 38.2 Å². The number of hydrogen-bond acceptors (Lipinski definition) is 6. The van der Waals surface area contributed by atoms with Gasteiger partial charge in [0.1, 0.15) is 19.3 Å². The molecule has 44 heavy (non-hydrogen) atoms. The lowest BCUT2D eigenvalue weighted by molar-refractivity contribution is -0.870. The number of phosphoric ester groups is 1. The van der Waals surface area contributed by atoms with Gasteiger partial charge in [-0.05, 0) is 44.9 Å². The first kappa shape index (κ1) is 43.0. The zero-order valence-electron chi connectivity index (χ0n) is 29.1. The fourth-order valence-corrected chi connectivity index (χ4v) is 5.20. The van der Waals surface area contributed by atoms with Crippen molar-refractivity contribution in [2.45, 2.75) is 142 Å². The van der Waals surface area contributed by atoms with Gasteiger partial charge in [0.05, 0.1) is 34.4 Å². The van der Waals surface area contributed by atoms with Gasteiger partial charge in [0.15, 0.2) is 0 Å². The molecular weight excluding hydrogens is 577 g/mol. The van der Waals surface area contributed by atoms with Crippen molar-refractivity contribution in [3.05, 3.63) is 24.3 Å². The molecule has 0 aromatic rings. The smallest absolute Gasteiger partial charge is 0.457 e. The molecule has 0 rings (SSSR count). The summed E-state index contributed by atoms with van der Waals surface area (Å²) >= 11 is 0. The van der Waals surface area contributed by atoms with Gasteiger partial charge in [0.25, 0.3) is 0 Å². The maximum Gasteiger partial charge on any atom is 0.472 e. The van der Waals surface area contributed by atoms with Crippen LogP contribution in [0, 0.1) is 0 Å². The van der Waals surface area contributed by atoms with Crippen LogP contribution in [0.5, 0.6) is 0 Å². The van der Waals surface area contributed by atoms with Crippen molar-refractivity contribution in [3.8, 4) is 0 Å².